The first kappa shape index (κ1) is 20.2. The number of aryl methyl sites for hydroxylation is 1. The maximum absolute atomic E-state index is 12.7. The number of carbonyl (C=O) groups is 3. The van der Waals surface area contributed by atoms with E-state index in [1.165, 1.54) is 21.1 Å². The van der Waals surface area contributed by atoms with Crippen LogP contribution in [-0.4, -0.2) is 43.4 Å². The topological polar surface area (TPSA) is 110 Å². The molecular formula is C19H23N3O5. The first-order valence-corrected chi connectivity index (χ1v) is 8.26. The van der Waals surface area contributed by atoms with Crippen LogP contribution >= 0.6 is 0 Å². The van der Waals surface area contributed by atoms with Gasteiger partial charge in [-0.25, -0.2) is 0 Å². The number of Topliss-reactive ketones (excluding diaryl/α,β-unsaturated/α-hetero) is 1. The molecule has 0 aliphatic carbocycles. The number of rotatable bonds is 7. The molecule has 8 heteroatoms. The minimum Gasteiger partial charge on any atom is -0.495 e. The summed E-state index contributed by atoms with van der Waals surface area (Å²) in [7, 11) is 2.90. The van der Waals surface area contributed by atoms with Gasteiger partial charge in [-0.15, -0.1) is 0 Å². The highest BCUT2D eigenvalue weighted by atomic mass is 16.5. The third-order valence-electron chi connectivity index (χ3n) is 4.02. The number of ether oxygens (including phenoxy) is 2. The lowest BCUT2D eigenvalue weighted by Gasteiger charge is -2.13. The Hall–Kier alpha value is -3.13. The molecule has 0 spiro atoms. The van der Waals surface area contributed by atoms with Crippen molar-refractivity contribution >= 4 is 29.0 Å². The molecule has 3 N–H and O–H groups in total. The number of benzene rings is 1. The third kappa shape index (κ3) is 4.53. The van der Waals surface area contributed by atoms with Gasteiger partial charge in [-0.05, 0) is 37.6 Å². The van der Waals surface area contributed by atoms with Crippen molar-refractivity contribution in [1.29, 1.82) is 0 Å². The molecule has 0 saturated carbocycles. The Morgan fingerprint density at radius 3 is 2.37 bits per heavy atom. The number of hydrogen-bond acceptors (Lipinski definition) is 5. The second-order valence-corrected chi connectivity index (χ2v) is 6.03. The summed E-state index contributed by atoms with van der Waals surface area (Å²) < 4.78 is 10.0. The van der Waals surface area contributed by atoms with Crippen molar-refractivity contribution in [2.75, 3.05) is 31.5 Å². The van der Waals surface area contributed by atoms with E-state index in [2.05, 4.69) is 15.6 Å². The molecule has 144 valence electrons. The first-order chi connectivity index (χ1) is 12.8. The van der Waals surface area contributed by atoms with Gasteiger partial charge < -0.3 is 25.1 Å². The van der Waals surface area contributed by atoms with Crippen LogP contribution in [0.25, 0.3) is 0 Å². The quantitative estimate of drug-likeness (QED) is 0.647. The Bertz CT molecular complexity index is 886. The van der Waals surface area contributed by atoms with E-state index in [1.807, 2.05) is 0 Å². The summed E-state index contributed by atoms with van der Waals surface area (Å²) in [6, 6.07) is 4.88. The van der Waals surface area contributed by atoms with Crippen molar-refractivity contribution in [3.05, 3.63) is 40.7 Å². The molecule has 0 aliphatic rings. The Labute approximate surface area is 157 Å². The average Bonchev–Trinajstić information content (AvgIpc) is 2.90. The van der Waals surface area contributed by atoms with Crippen molar-refractivity contribution in [3.8, 4) is 5.75 Å². The maximum Gasteiger partial charge on any atom is 0.257 e. The lowest BCUT2D eigenvalue weighted by atomic mass is 10.1. The second kappa shape index (κ2) is 8.50. The smallest absolute Gasteiger partial charge is 0.257 e. The Balaban J connectivity index is 2.28. The summed E-state index contributed by atoms with van der Waals surface area (Å²) >= 11 is 0. The third-order valence-corrected chi connectivity index (χ3v) is 4.02. The van der Waals surface area contributed by atoms with E-state index in [0.29, 0.717) is 39.6 Å². The monoisotopic (exact) mass is 373 g/mol. The van der Waals surface area contributed by atoms with Gasteiger partial charge in [0, 0.05) is 25.4 Å². The Morgan fingerprint density at radius 2 is 1.81 bits per heavy atom. The van der Waals surface area contributed by atoms with Crippen molar-refractivity contribution in [2.24, 2.45) is 0 Å². The normalized spacial score (nSPS) is 10.4. The van der Waals surface area contributed by atoms with Crippen LogP contribution < -0.4 is 15.4 Å². The summed E-state index contributed by atoms with van der Waals surface area (Å²) in [6.07, 6.45) is 0. The number of nitrogens with one attached hydrogen (secondary N) is 3. The zero-order valence-corrected chi connectivity index (χ0v) is 16.0. The molecule has 0 bridgehead atoms. The molecule has 8 nitrogen and oxygen atoms in total. The predicted octanol–water partition coefficient (Wildman–Crippen LogP) is 2.68. The van der Waals surface area contributed by atoms with Crippen LogP contribution in [0, 0.1) is 13.8 Å². The van der Waals surface area contributed by atoms with E-state index >= 15 is 0 Å². The molecule has 0 saturated heterocycles. The second-order valence-electron chi connectivity index (χ2n) is 6.03. The molecule has 27 heavy (non-hydrogen) atoms. The van der Waals surface area contributed by atoms with Crippen molar-refractivity contribution in [3.63, 3.8) is 0 Å². The number of amides is 2. The summed E-state index contributed by atoms with van der Waals surface area (Å²) in [5.41, 5.74) is 2.92. The van der Waals surface area contributed by atoms with Gasteiger partial charge in [0.25, 0.3) is 5.91 Å². The summed E-state index contributed by atoms with van der Waals surface area (Å²) in [5, 5.41) is 5.45. The van der Waals surface area contributed by atoms with Gasteiger partial charge in [-0.1, -0.05) is 0 Å². The number of methoxy groups -OCH3 is 2. The lowest BCUT2D eigenvalue weighted by molar-refractivity contribution is -0.119. The standard InChI is InChI=1S/C19H23N3O5/c1-10-17(11(2)20-18(10)12(3)23)19(25)21-13-6-7-15(27-5)14(8-13)22-16(24)9-26-4/h6-8,20H,9H2,1-5H3,(H,21,25)(H,22,24). The minimum atomic E-state index is -0.354. The van der Waals surface area contributed by atoms with Gasteiger partial charge in [0.05, 0.1) is 24.1 Å². The van der Waals surface area contributed by atoms with E-state index in [-0.39, 0.29) is 24.2 Å². The fourth-order valence-corrected chi connectivity index (χ4v) is 2.84. The van der Waals surface area contributed by atoms with Crippen molar-refractivity contribution in [1.82, 2.24) is 4.98 Å². The van der Waals surface area contributed by atoms with Crippen LogP contribution in [0.1, 0.15) is 39.0 Å². The lowest BCUT2D eigenvalue weighted by Crippen LogP contribution is -2.18. The average molecular weight is 373 g/mol. The van der Waals surface area contributed by atoms with E-state index in [4.69, 9.17) is 9.47 Å². The van der Waals surface area contributed by atoms with Gasteiger partial charge in [0.15, 0.2) is 5.78 Å². The van der Waals surface area contributed by atoms with Gasteiger partial charge in [0.1, 0.15) is 12.4 Å². The molecule has 0 unspecified atom stereocenters. The van der Waals surface area contributed by atoms with Gasteiger partial charge >= 0.3 is 0 Å². The molecule has 0 fully saturated rings. The first-order valence-electron chi connectivity index (χ1n) is 8.26. The molecule has 1 aromatic carbocycles. The molecule has 0 atom stereocenters. The number of H-pyrrole nitrogens is 1. The van der Waals surface area contributed by atoms with Crippen molar-refractivity contribution in [2.45, 2.75) is 20.8 Å². The molecule has 1 aromatic heterocycles. The summed E-state index contributed by atoms with van der Waals surface area (Å²) in [6.45, 7) is 4.80. The Kier molecular flexibility index (Phi) is 6.36. The molecule has 2 amide bonds. The highest BCUT2D eigenvalue weighted by molar-refractivity contribution is 6.09. The number of aromatic nitrogens is 1. The van der Waals surface area contributed by atoms with Crippen LogP contribution in [0.4, 0.5) is 11.4 Å². The molecule has 0 aliphatic heterocycles. The number of carbonyl (C=O) groups excluding carboxylic acids is 3. The summed E-state index contributed by atoms with van der Waals surface area (Å²) in [4.78, 5) is 39.1. The van der Waals surface area contributed by atoms with E-state index < -0.39 is 0 Å². The fourth-order valence-electron chi connectivity index (χ4n) is 2.84. The largest absolute Gasteiger partial charge is 0.495 e. The van der Waals surface area contributed by atoms with Crippen molar-refractivity contribution < 1.29 is 23.9 Å². The highest BCUT2D eigenvalue weighted by Gasteiger charge is 2.20. The van der Waals surface area contributed by atoms with Gasteiger partial charge in [0.2, 0.25) is 5.91 Å². The fraction of sp³-hybridized carbons (Fsp3) is 0.316. The molecule has 2 rings (SSSR count). The number of hydrogen-bond donors (Lipinski definition) is 3. The molecule has 0 radical (unpaired) electrons. The zero-order valence-electron chi connectivity index (χ0n) is 16.0. The van der Waals surface area contributed by atoms with Crippen LogP contribution in [0.3, 0.4) is 0 Å². The highest BCUT2D eigenvalue weighted by Crippen LogP contribution is 2.28. The van der Waals surface area contributed by atoms with E-state index in [9.17, 15) is 14.4 Å². The predicted molar refractivity (Wildman–Crippen MR) is 102 cm³/mol. The van der Waals surface area contributed by atoms with Crippen LogP contribution in [0.15, 0.2) is 18.2 Å². The summed E-state index contributed by atoms with van der Waals surface area (Å²) in [5.74, 6) is -0.386. The minimum absolute atomic E-state index is 0.102. The van der Waals surface area contributed by atoms with Gasteiger partial charge in [-0.2, -0.15) is 0 Å². The molecular weight excluding hydrogens is 350 g/mol. The van der Waals surface area contributed by atoms with E-state index in [1.54, 1.807) is 32.0 Å². The number of anilines is 2. The molecule has 2 aromatic rings. The van der Waals surface area contributed by atoms with Crippen LogP contribution in [0.5, 0.6) is 5.75 Å². The zero-order chi connectivity index (χ0) is 20.1. The SMILES string of the molecule is COCC(=O)Nc1cc(NC(=O)c2c(C)[nH]c(C(C)=O)c2C)ccc1OC. The molecule has 1 heterocycles. The Morgan fingerprint density at radius 1 is 1.11 bits per heavy atom. The number of aromatic amines is 1. The number of ketones is 1. The maximum atomic E-state index is 12.7. The van der Waals surface area contributed by atoms with Crippen LogP contribution in [0.2, 0.25) is 0 Å². The van der Waals surface area contributed by atoms with Crippen LogP contribution in [-0.2, 0) is 9.53 Å². The van der Waals surface area contributed by atoms with Gasteiger partial charge in [-0.3, -0.25) is 14.4 Å². The van der Waals surface area contributed by atoms with E-state index in [0.717, 1.165) is 0 Å².